The number of carbonyl (C=O) groups excluding carboxylic acids is 2. The number of fused-ring (bicyclic) bond motifs is 2. The molecule has 3 fully saturated rings. The highest BCUT2D eigenvalue weighted by Gasteiger charge is 2.46. The molecule has 2 heterocycles. The number of rotatable bonds is 3. The van der Waals surface area contributed by atoms with Gasteiger partial charge < -0.3 is 19.9 Å². The lowest BCUT2D eigenvalue weighted by atomic mass is 9.89. The van der Waals surface area contributed by atoms with Gasteiger partial charge in [-0.15, -0.1) is 0 Å². The van der Waals surface area contributed by atoms with Crippen molar-refractivity contribution < 1.29 is 14.3 Å². The molecule has 0 aromatic rings. The Bertz CT molecular complexity index is 448. The molecular weight excluding hydrogens is 294 g/mol. The smallest absolute Gasteiger partial charge is 0.317 e. The van der Waals surface area contributed by atoms with Crippen LogP contribution in [0.1, 0.15) is 38.5 Å². The predicted octanol–water partition coefficient (Wildman–Crippen LogP) is 1.45. The maximum Gasteiger partial charge on any atom is 0.317 e. The van der Waals surface area contributed by atoms with Crippen molar-refractivity contribution in [3.8, 4) is 0 Å². The average molecular weight is 323 g/mol. The number of amides is 3. The minimum atomic E-state index is -0.149. The molecule has 6 heteroatoms. The summed E-state index contributed by atoms with van der Waals surface area (Å²) in [6.07, 6.45) is 6.95. The maximum absolute atomic E-state index is 12.4. The van der Waals surface area contributed by atoms with Gasteiger partial charge in [-0.25, -0.2) is 4.79 Å². The first-order valence-electron chi connectivity index (χ1n) is 8.94. The molecule has 130 valence electrons. The van der Waals surface area contributed by atoms with Crippen molar-refractivity contribution in [2.45, 2.75) is 50.7 Å². The summed E-state index contributed by atoms with van der Waals surface area (Å²) in [4.78, 5) is 28.1. The quantitative estimate of drug-likeness (QED) is 0.855. The fraction of sp³-hybridized carbons (Fsp3) is 0.882. The third-order valence-electron chi connectivity index (χ3n) is 5.47. The number of carbonyl (C=O) groups is 2. The first-order valence-corrected chi connectivity index (χ1v) is 8.94. The zero-order valence-electron chi connectivity index (χ0n) is 14.3. The van der Waals surface area contributed by atoms with E-state index in [1.807, 2.05) is 4.90 Å². The maximum atomic E-state index is 12.4. The molecule has 6 nitrogen and oxygen atoms in total. The Morgan fingerprint density at radius 2 is 1.91 bits per heavy atom. The largest absolute Gasteiger partial charge is 0.370 e. The molecule has 1 saturated carbocycles. The number of hydrogen-bond donors (Lipinski definition) is 1. The molecule has 3 aliphatic rings. The van der Waals surface area contributed by atoms with Crippen molar-refractivity contribution in [1.82, 2.24) is 15.1 Å². The molecule has 3 rings (SSSR count). The van der Waals surface area contributed by atoms with Gasteiger partial charge in [0.15, 0.2) is 0 Å². The summed E-state index contributed by atoms with van der Waals surface area (Å²) in [6.45, 7) is 1.91. The molecule has 0 aromatic carbocycles. The van der Waals surface area contributed by atoms with Crippen LogP contribution in [0.25, 0.3) is 0 Å². The summed E-state index contributed by atoms with van der Waals surface area (Å²) >= 11 is 0. The van der Waals surface area contributed by atoms with Crippen LogP contribution in [-0.4, -0.2) is 67.7 Å². The number of nitrogens with zero attached hydrogens (tertiary/aromatic N) is 2. The molecule has 23 heavy (non-hydrogen) atoms. The molecule has 1 N–H and O–H groups in total. The standard InChI is InChI=1S/C17H29N3O3/c1-19(2)16(21)14-8-13-10-20(11-15(14)23-13)17(22)18-9-12-6-4-3-5-7-12/h12-15H,3-11H2,1-2H3,(H,18,22)/t13-,14-,15-/m0/s1. The Hall–Kier alpha value is -1.30. The third kappa shape index (κ3) is 3.79. The summed E-state index contributed by atoms with van der Waals surface area (Å²) in [5, 5.41) is 3.09. The Kier molecular flexibility index (Phi) is 5.09. The van der Waals surface area contributed by atoms with E-state index >= 15 is 0 Å². The summed E-state index contributed by atoms with van der Waals surface area (Å²) < 4.78 is 5.89. The van der Waals surface area contributed by atoms with E-state index in [-0.39, 0.29) is 30.1 Å². The van der Waals surface area contributed by atoms with Crippen LogP contribution < -0.4 is 5.32 Å². The molecule has 0 radical (unpaired) electrons. The van der Waals surface area contributed by atoms with Gasteiger partial charge in [-0.2, -0.15) is 0 Å². The lowest BCUT2D eigenvalue weighted by Crippen LogP contribution is -2.51. The van der Waals surface area contributed by atoms with Gasteiger partial charge in [0.2, 0.25) is 5.91 Å². The highest BCUT2D eigenvalue weighted by molar-refractivity contribution is 5.80. The molecular formula is C17H29N3O3. The molecule has 3 atom stereocenters. The molecule has 0 aromatic heterocycles. The van der Waals surface area contributed by atoms with Gasteiger partial charge in [0.1, 0.15) is 0 Å². The molecule has 2 saturated heterocycles. The Balaban J connectivity index is 1.50. The molecule has 0 spiro atoms. The third-order valence-corrected chi connectivity index (χ3v) is 5.47. The van der Waals surface area contributed by atoms with E-state index in [0.29, 0.717) is 19.0 Å². The van der Waals surface area contributed by atoms with Crippen LogP contribution >= 0.6 is 0 Å². The molecule has 3 amide bonds. The van der Waals surface area contributed by atoms with Crippen molar-refractivity contribution in [3.05, 3.63) is 0 Å². The van der Waals surface area contributed by atoms with E-state index in [9.17, 15) is 9.59 Å². The van der Waals surface area contributed by atoms with Crippen molar-refractivity contribution in [2.75, 3.05) is 33.7 Å². The minimum Gasteiger partial charge on any atom is -0.370 e. The lowest BCUT2D eigenvalue weighted by Gasteiger charge is -2.33. The summed E-state index contributed by atoms with van der Waals surface area (Å²) in [6, 6.07) is 0.00632. The van der Waals surface area contributed by atoms with Gasteiger partial charge in [-0.3, -0.25) is 4.79 Å². The van der Waals surface area contributed by atoms with E-state index in [4.69, 9.17) is 4.74 Å². The summed E-state index contributed by atoms with van der Waals surface area (Å²) in [5.41, 5.74) is 0. The Morgan fingerprint density at radius 1 is 1.17 bits per heavy atom. The van der Waals surface area contributed by atoms with E-state index in [1.54, 1.807) is 19.0 Å². The van der Waals surface area contributed by atoms with Gasteiger partial charge in [0.05, 0.1) is 18.1 Å². The van der Waals surface area contributed by atoms with Crippen LogP contribution in [0.2, 0.25) is 0 Å². The minimum absolute atomic E-state index is 0.00285. The average Bonchev–Trinajstić information content (AvgIpc) is 2.86. The second-order valence-electron chi connectivity index (χ2n) is 7.47. The summed E-state index contributed by atoms with van der Waals surface area (Å²) in [7, 11) is 3.55. The molecule has 2 bridgehead atoms. The van der Waals surface area contributed by atoms with Gasteiger partial charge in [0.25, 0.3) is 0 Å². The second kappa shape index (κ2) is 7.07. The zero-order valence-corrected chi connectivity index (χ0v) is 14.3. The van der Waals surface area contributed by atoms with Crippen LogP contribution in [0.3, 0.4) is 0 Å². The van der Waals surface area contributed by atoms with E-state index in [2.05, 4.69) is 5.32 Å². The highest BCUT2D eigenvalue weighted by atomic mass is 16.5. The van der Waals surface area contributed by atoms with Crippen molar-refractivity contribution in [2.24, 2.45) is 11.8 Å². The molecule has 2 aliphatic heterocycles. The monoisotopic (exact) mass is 323 g/mol. The van der Waals surface area contributed by atoms with E-state index < -0.39 is 0 Å². The zero-order chi connectivity index (χ0) is 16.4. The number of nitrogens with one attached hydrogen (secondary N) is 1. The second-order valence-corrected chi connectivity index (χ2v) is 7.47. The first-order chi connectivity index (χ1) is 11.0. The van der Waals surface area contributed by atoms with Crippen LogP contribution in [0, 0.1) is 11.8 Å². The Morgan fingerprint density at radius 3 is 2.61 bits per heavy atom. The topological polar surface area (TPSA) is 61.9 Å². The van der Waals surface area contributed by atoms with Crippen LogP contribution in [-0.2, 0) is 9.53 Å². The molecule has 0 unspecified atom stereocenters. The predicted molar refractivity (Wildman–Crippen MR) is 87.0 cm³/mol. The number of hydrogen-bond acceptors (Lipinski definition) is 3. The van der Waals surface area contributed by atoms with Crippen LogP contribution in [0.5, 0.6) is 0 Å². The first kappa shape index (κ1) is 16.6. The summed E-state index contributed by atoms with van der Waals surface area (Å²) in [5.74, 6) is 0.640. The number of morpholine rings is 1. The Labute approximate surface area is 138 Å². The number of urea groups is 1. The highest BCUT2D eigenvalue weighted by Crippen LogP contribution is 2.33. The van der Waals surface area contributed by atoms with Crippen molar-refractivity contribution >= 4 is 11.9 Å². The van der Waals surface area contributed by atoms with Gasteiger partial charge in [-0.1, -0.05) is 19.3 Å². The van der Waals surface area contributed by atoms with Gasteiger partial charge in [0, 0.05) is 33.7 Å². The fourth-order valence-corrected chi connectivity index (χ4v) is 4.15. The molecule has 1 aliphatic carbocycles. The lowest BCUT2D eigenvalue weighted by molar-refractivity contribution is -0.135. The van der Waals surface area contributed by atoms with Gasteiger partial charge >= 0.3 is 6.03 Å². The van der Waals surface area contributed by atoms with Crippen molar-refractivity contribution in [1.29, 1.82) is 0 Å². The van der Waals surface area contributed by atoms with E-state index in [1.165, 1.54) is 32.1 Å². The van der Waals surface area contributed by atoms with E-state index in [0.717, 1.165) is 13.0 Å². The van der Waals surface area contributed by atoms with Crippen molar-refractivity contribution in [3.63, 3.8) is 0 Å². The van der Waals surface area contributed by atoms with Crippen LogP contribution in [0.15, 0.2) is 0 Å². The SMILES string of the molecule is CN(C)C(=O)[C@H]1C[C@H]2CN(C(=O)NCC3CCCCC3)C[C@@H]1O2. The normalized spacial score (nSPS) is 31.0. The number of ether oxygens (including phenoxy) is 1. The van der Waals surface area contributed by atoms with Gasteiger partial charge in [-0.05, 0) is 25.2 Å². The number of likely N-dealkylation sites (tertiary alicyclic amines) is 1. The fourth-order valence-electron chi connectivity index (χ4n) is 4.15. The van der Waals surface area contributed by atoms with Crippen LogP contribution in [0.4, 0.5) is 4.79 Å².